The predicted octanol–water partition coefficient (Wildman–Crippen LogP) is -0.127. The third kappa shape index (κ3) is 4.13. The van der Waals surface area contributed by atoms with Crippen LogP contribution in [0.25, 0.3) is 0 Å². The van der Waals surface area contributed by atoms with Gasteiger partial charge in [-0.25, -0.2) is 0 Å². The highest BCUT2D eigenvalue weighted by atomic mass is 32.2. The fourth-order valence-electron chi connectivity index (χ4n) is 2.23. The Balaban J connectivity index is 2.94. The number of piperidine rings is 1. The molecule has 2 N–H and O–H groups in total. The molecule has 0 aliphatic carbocycles. The van der Waals surface area contributed by atoms with Gasteiger partial charge in [0.05, 0.1) is 5.60 Å². The van der Waals surface area contributed by atoms with E-state index >= 15 is 0 Å². The maximum atomic E-state index is 12.4. The number of nitrogens with zero attached hydrogens (tertiary/aromatic N) is 2. The summed E-state index contributed by atoms with van der Waals surface area (Å²) < 4.78 is 26.7. The van der Waals surface area contributed by atoms with Crippen molar-refractivity contribution in [3.63, 3.8) is 0 Å². The third-order valence-electron chi connectivity index (χ3n) is 3.04. The normalized spacial score (nSPS) is 22.7. The summed E-state index contributed by atoms with van der Waals surface area (Å²) in [5, 5.41) is 18.8. The van der Waals surface area contributed by atoms with Crippen LogP contribution in [0, 0.1) is 0 Å². The maximum absolute atomic E-state index is 12.4. The molecule has 0 aromatic carbocycles. The van der Waals surface area contributed by atoms with E-state index in [2.05, 4.69) is 0 Å². The second kappa shape index (κ2) is 5.74. The lowest BCUT2D eigenvalue weighted by atomic mass is 10.1. The highest BCUT2D eigenvalue weighted by Crippen LogP contribution is 2.23. The van der Waals surface area contributed by atoms with Gasteiger partial charge in [-0.05, 0) is 33.1 Å². The summed E-state index contributed by atoms with van der Waals surface area (Å²) >= 11 is 0. The monoisotopic (exact) mass is 294 g/mol. The number of likely N-dealkylation sites (N-methyl/N-ethyl adjacent to an activating group) is 1. The smallest absolute Gasteiger partial charge is 0.322 e. The number of carboxylic acids is 1. The van der Waals surface area contributed by atoms with Gasteiger partial charge in [0.15, 0.2) is 0 Å². The molecule has 8 heteroatoms. The van der Waals surface area contributed by atoms with Gasteiger partial charge in [-0.3, -0.25) is 4.79 Å². The average Bonchev–Trinajstić information content (AvgIpc) is 2.26. The predicted molar refractivity (Wildman–Crippen MR) is 69.8 cm³/mol. The number of aliphatic carboxylic acids is 1. The Morgan fingerprint density at radius 3 is 2.47 bits per heavy atom. The molecule has 7 nitrogen and oxygen atoms in total. The van der Waals surface area contributed by atoms with E-state index in [-0.39, 0.29) is 13.1 Å². The Morgan fingerprint density at radius 2 is 2.00 bits per heavy atom. The molecule has 112 valence electrons. The minimum absolute atomic E-state index is 0.0851. The lowest BCUT2D eigenvalue weighted by Crippen LogP contribution is -2.54. The van der Waals surface area contributed by atoms with Crippen LogP contribution in [-0.4, -0.2) is 65.0 Å². The highest BCUT2D eigenvalue weighted by Gasteiger charge is 2.39. The van der Waals surface area contributed by atoms with Crippen molar-refractivity contribution in [3.05, 3.63) is 0 Å². The summed E-state index contributed by atoms with van der Waals surface area (Å²) in [6, 6.07) is -1.01. The van der Waals surface area contributed by atoms with Crippen LogP contribution in [-0.2, 0) is 15.0 Å². The average molecular weight is 294 g/mol. The molecule has 0 aromatic heterocycles. The molecule has 19 heavy (non-hydrogen) atoms. The van der Waals surface area contributed by atoms with Crippen LogP contribution in [0.2, 0.25) is 0 Å². The molecule has 1 rings (SSSR count). The highest BCUT2D eigenvalue weighted by molar-refractivity contribution is 7.86. The molecule has 0 bridgehead atoms. The van der Waals surface area contributed by atoms with Crippen molar-refractivity contribution in [3.8, 4) is 0 Å². The number of hydrogen-bond donors (Lipinski definition) is 2. The Hall–Kier alpha value is -0.700. The van der Waals surface area contributed by atoms with Gasteiger partial charge in [-0.15, -0.1) is 0 Å². The molecule has 0 spiro atoms. The van der Waals surface area contributed by atoms with Crippen molar-refractivity contribution in [2.75, 3.05) is 20.1 Å². The summed E-state index contributed by atoms with van der Waals surface area (Å²) in [6.45, 7) is 3.13. The molecule has 0 aromatic rings. The number of aliphatic hydroxyl groups is 1. The third-order valence-corrected chi connectivity index (χ3v) is 4.99. The fourth-order valence-corrected chi connectivity index (χ4v) is 3.95. The van der Waals surface area contributed by atoms with Gasteiger partial charge in [-0.2, -0.15) is 17.0 Å². The van der Waals surface area contributed by atoms with Crippen LogP contribution < -0.4 is 0 Å². The Bertz CT molecular complexity index is 429. The molecule has 1 saturated heterocycles. The molecule has 0 amide bonds. The zero-order chi connectivity index (χ0) is 14.8. The maximum Gasteiger partial charge on any atom is 0.322 e. The lowest BCUT2D eigenvalue weighted by molar-refractivity contribution is -0.142. The van der Waals surface area contributed by atoms with Crippen LogP contribution in [0.3, 0.4) is 0 Å². The van der Waals surface area contributed by atoms with Crippen LogP contribution >= 0.6 is 0 Å². The zero-order valence-electron chi connectivity index (χ0n) is 11.5. The van der Waals surface area contributed by atoms with Crippen LogP contribution in [0.15, 0.2) is 0 Å². The first kappa shape index (κ1) is 16.4. The first-order valence-electron chi connectivity index (χ1n) is 6.24. The molecule has 1 unspecified atom stereocenters. The zero-order valence-corrected chi connectivity index (χ0v) is 12.4. The van der Waals surface area contributed by atoms with E-state index in [9.17, 15) is 18.3 Å². The number of carboxylic acid groups (broad SMARTS) is 1. The lowest BCUT2D eigenvalue weighted by Gasteiger charge is -2.36. The van der Waals surface area contributed by atoms with Gasteiger partial charge >= 0.3 is 5.97 Å². The summed E-state index contributed by atoms with van der Waals surface area (Å²) in [4.78, 5) is 11.1. The van der Waals surface area contributed by atoms with Gasteiger partial charge in [0.25, 0.3) is 10.2 Å². The van der Waals surface area contributed by atoms with Crippen LogP contribution in [0.4, 0.5) is 0 Å². The molecule has 1 fully saturated rings. The van der Waals surface area contributed by atoms with E-state index in [0.29, 0.717) is 19.3 Å². The number of hydrogen-bond acceptors (Lipinski definition) is 4. The minimum atomic E-state index is -3.86. The standard InChI is InChI=1S/C11H22N2O5S/c1-11(2,16)8-12(3)19(17,18)13-7-5-4-6-9(13)10(14)15/h9,16H,4-8H2,1-3H3,(H,14,15). The van der Waals surface area contributed by atoms with Crippen molar-refractivity contribution < 1.29 is 23.4 Å². The summed E-state index contributed by atoms with van der Waals surface area (Å²) in [5.74, 6) is -1.13. The first-order valence-corrected chi connectivity index (χ1v) is 7.64. The molecule has 1 heterocycles. The van der Waals surface area contributed by atoms with E-state index in [4.69, 9.17) is 5.11 Å². The van der Waals surface area contributed by atoms with Gasteiger partial charge in [0.2, 0.25) is 0 Å². The molecule has 0 saturated carbocycles. The van der Waals surface area contributed by atoms with Gasteiger partial charge in [0, 0.05) is 20.1 Å². The fraction of sp³-hybridized carbons (Fsp3) is 0.909. The van der Waals surface area contributed by atoms with Crippen LogP contribution in [0.5, 0.6) is 0 Å². The molecule has 0 radical (unpaired) electrons. The van der Waals surface area contributed by atoms with Crippen molar-refractivity contribution >= 4 is 16.2 Å². The Kier molecular flexibility index (Phi) is 4.94. The van der Waals surface area contributed by atoms with E-state index in [1.165, 1.54) is 20.9 Å². The quantitative estimate of drug-likeness (QED) is 0.736. The second-order valence-corrected chi connectivity index (χ2v) is 7.52. The Morgan fingerprint density at radius 1 is 1.42 bits per heavy atom. The second-order valence-electron chi connectivity index (χ2n) is 5.54. The molecular weight excluding hydrogens is 272 g/mol. The first-order chi connectivity index (χ1) is 8.55. The summed E-state index contributed by atoms with van der Waals surface area (Å²) in [7, 11) is -2.52. The molecule has 1 aliphatic heterocycles. The summed E-state index contributed by atoms with van der Waals surface area (Å²) in [5.41, 5.74) is -1.17. The number of rotatable bonds is 5. The van der Waals surface area contributed by atoms with Crippen molar-refractivity contribution in [2.45, 2.75) is 44.8 Å². The Labute approximate surface area is 114 Å². The minimum Gasteiger partial charge on any atom is -0.480 e. The van der Waals surface area contributed by atoms with E-state index in [1.54, 1.807) is 0 Å². The summed E-state index contributed by atoms with van der Waals surface area (Å²) in [6.07, 6.45) is 1.68. The van der Waals surface area contributed by atoms with E-state index < -0.39 is 27.8 Å². The van der Waals surface area contributed by atoms with E-state index in [1.807, 2.05) is 0 Å². The SMILES string of the molecule is CN(CC(C)(C)O)S(=O)(=O)N1CCCCC1C(=O)O. The van der Waals surface area contributed by atoms with Gasteiger partial charge in [0.1, 0.15) is 6.04 Å². The van der Waals surface area contributed by atoms with Gasteiger partial charge < -0.3 is 10.2 Å². The van der Waals surface area contributed by atoms with Crippen molar-refractivity contribution in [1.29, 1.82) is 0 Å². The molecular formula is C11H22N2O5S. The van der Waals surface area contributed by atoms with Gasteiger partial charge in [-0.1, -0.05) is 0 Å². The topological polar surface area (TPSA) is 98.2 Å². The largest absolute Gasteiger partial charge is 0.480 e. The molecule has 1 atom stereocenters. The van der Waals surface area contributed by atoms with Crippen LogP contribution in [0.1, 0.15) is 33.1 Å². The van der Waals surface area contributed by atoms with Crippen molar-refractivity contribution in [2.24, 2.45) is 0 Å². The van der Waals surface area contributed by atoms with E-state index in [0.717, 1.165) is 8.61 Å². The number of carbonyl (C=O) groups is 1. The molecule has 1 aliphatic rings. The van der Waals surface area contributed by atoms with Crippen molar-refractivity contribution in [1.82, 2.24) is 8.61 Å².